The average Bonchev–Trinajstić information content (AvgIpc) is 3.01. The van der Waals surface area contributed by atoms with E-state index in [9.17, 15) is 9.59 Å². The first kappa shape index (κ1) is 18.4. The molecule has 1 fully saturated rings. The molecule has 0 saturated heterocycles. The fourth-order valence-electron chi connectivity index (χ4n) is 3.14. The first-order chi connectivity index (χ1) is 12.1. The Morgan fingerprint density at radius 1 is 1.44 bits per heavy atom. The van der Waals surface area contributed by atoms with Crippen molar-refractivity contribution in [3.8, 4) is 0 Å². The van der Waals surface area contributed by atoms with Gasteiger partial charge in [-0.15, -0.1) is 11.8 Å². The van der Waals surface area contributed by atoms with E-state index in [1.54, 1.807) is 0 Å². The van der Waals surface area contributed by atoms with Gasteiger partial charge in [-0.3, -0.25) is 9.59 Å². The van der Waals surface area contributed by atoms with Crippen molar-refractivity contribution in [1.82, 2.24) is 19.9 Å². The van der Waals surface area contributed by atoms with Gasteiger partial charge < -0.3 is 5.32 Å². The quantitative estimate of drug-likeness (QED) is 0.834. The van der Waals surface area contributed by atoms with Gasteiger partial charge in [0.25, 0.3) is 5.56 Å². The molecule has 6 nitrogen and oxygen atoms in total. The lowest BCUT2D eigenvalue weighted by Crippen LogP contribution is -2.41. The molecule has 2 atom stereocenters. The number of nitrogens with one attached hydrogen (secondary N) is 1. The second-order valence-electron chi connectivity index (χ2n) is 6.56. The zero-order chi connectivity index (χ0) is 17.8. The van der Waals surface area contributed by atoms with Crippen molar-refractivity contribution in [2.24, 2.45) is 5.92 Å². The summed E-state index contributed by atoms with van der Waals surface area (Å²) in [4.78, 5) is 29.4. The minimum Gasteiger partial charge on any atom is -0.352 e. The maximum absolute atomic E-state index is 12.1. The number of fused-ring (bicyclic) bond motifs is 1. The first-order valence-electron chi connectivity index (χ1n) is 8.82. The fraction of sp³-hybridized carbons (Fsp3) is 0.647. The van der Waals surface area contributed by atoms with Crippen LogP contribution in [0.2, 0.25) is 0 Å². The second-order valence-corrected chi connectivity index (χ2v) is 8.58. The third-order valence-corrected chi connectivity index (χ3v) is 6.60. The first-order valence-corrected chi connectivity index (χ1v) is 10.8. The average molecular weight is 381 g/mol. The van der Waals surface area contributed by atoms with Gasteiger partial charge >= 0.3 is 0 Å². The Morgan fingerprint density at radius 3 is 3.00 bits per heavy atom. The lowest BCUT2D eigenvalue weighted by Gasteiger charge is -2.29. The number of nitrogens with zero attached hydrogens (tertiary/aromatic N) is 3. The Kier molecular flexibility index (Phi) is 6.11. The number of carbonyl (C=O) groups excluding carboxylic acids is 1. The number of aryl methyl sites for hydroxylation is 1. The molecule has 0 unspecified atom stereocenters. The van der Waals surface area contributed by atoms with Gasteiger partial charge in [-0.2, -0.15) is 9.61 Å². The molecule has 1 N–H and O–H groups in total. The molecule has 0 spiro atoms. The molecule has 25 heavy (non-hydrogen) atoms. The van der Waals surface area contributed by atoms with Gasteiger partial charge in [0.1, 0.15) is 5.01 Å². The maximum atomic E-state index is 12.1. The number of hydrogen-bond donors (Lipinski definition) is 1. The number of thioether (sulfide) groups is 1. The van der Waals surface area contributed by atoms with Crippen LogP contribution in [0.4, 0.5) is 0 Å². The molecule has 1 aliphatic rings. The normalized spacial score (nSPS) is 20.7. The Balaban J connectivity index is 1.54. The highest BCUT2D eigenvalue weighted by molar-refractivity contribution is 7.99. The smallest absolute Gasteiger partial charge is 0.275 e. The molecule has 8 heteroatoms. The molecule has 0 bridgehead atoms. The standard InChI is InChI=1S/C17H24N4O2S2/c1-3-15-20-21-16(23)8-12(18-17(21)25-15)9-24-10-14(22)19-13-7-5-4-6-11(13)2/h8,11,13H,3-7,9-10H2,1-2H3,(H,19,22)/t11-,13+/m0/s1. The number of carbonyl (C=O) groups is 1. The maximum Gasteiger partial charge on any atom is 0.275 e. The van der Waals surface area contributed by atoms with Crippen LogP contribution in [0.5, 0.6) is 0 Å². The molecule has 0 aliphatic heterocycles. The van der Waals surface area contributed by atoms with Crippen molar-refractivity contribution in [3.63, 3.8) is 0 Å². The molecule has 1 aliphatic carbocycles. The third-order valence-electron chi connectivity index (χ3n) is 4.58. The zero-order valence-corrected chi connectivity index (χ0v) is 16.3. The molecule has 0 radical (unpaired) electrons. The second kappa shape index (κ2) is 8.31. The highest BCUT2D eigenvalue weighted by Crippen LogP contribution is 2.24. The van der Waals surface area contributed by atoms with Crippen LogP contribution >= 0.6 is 23.1 Å². The monoisotopic (exact) mass is 380 g/mol. The van der Waals surface area contributed by atoms with Crippen LogP contribution in [-0.2, 0) is 17.0 Å². The van der Waals surface area contributed by atoms with E-state index in [1.807, 2.05) is 6.92 Å². The van der Waals surface area contributed by atoms with Crippen LogP contribution in [0.25, 0.3) is 4.96 Å². The van der Waals surface area contributed by atoms with Gasteiger partial charge in [0, 0.05) is 17.9 Å². The molecule has 1 amide bonds. The van der Waals surface area contributed by atoms with E-state index < -0.39 is 0 Å². The SMILES string of the molecule is CCc1nn2c(=O)cc(CSCC(=O)N[C@@H]3CCCC[C@@H]3C)nc2s1. The van der Waals surface area contributed by atoms with Crippen molar-refractivity contribution in [2.75, 3.05) is 5.75 Å². The van der Waals surface area contributed by atoms with Gasteiger partial charge in [0.15, 0.2) is 0 Å². The summed E-state index contributed by atoms with van der Waals surface area (Å²) in [5.74, 6) is 1.59. The Bertz CT molecular complexity index is 802. The molecule has 2 aromatic rings. The molecule has 0 aromatic carbocycles. The van der Waals surface area contributed by atoms with Crippen molar-refractivity contribution >= 4 is 34.0 Å². The van der Waals surface area contributed by atoms with Gasteiger partial charge in [0.2, 0.25) is 10.9 Å². The Hall–Kier alpha value is -1.41. The number of rotatable bonds is 6. The van der Waals surface area contributed by atoms with Crippen LogP contribution in [-0.4, -0.2) is 32.3 Å². The van der Waals surface area contributed by atoms with Crippen LogP contribution < -0.4 is 10.9 Å². The lowest BCUT2D eigenvalue weighted by molar-refractivity contribution is -0.119. The largest absolute Gasteiger partial charge is 0.352 e. The number of amides is 1. The summed E-state index contributed by atoms with van der Waals surface area (Å²) in [6.45, 7) is 4.22. The minimum absolute atomic E-state index is 0.0765. The summed E-state index contributed by atoms with van der Waals surface area (Å²) < 4.78 is 1.36. The van der Waals surface area contributed by atoms with Crippen LogP contribution in [0.3, 0.4) is 0 Å². The molecule has 3 rings (SSSR count). The van der Waals surface area contributed by atoms with E-state index in [-0.39, 0.29) is 11.5 Å². The lowest BCUT2D eigenvalue weighted by atomic mass is 9.86. The van der Waals surface area contributed by atoms with E-state index in [4.69, 9.17) is 0 Å². The van der Waals surface area contributed by atoms with E-state index in [2.05, 4.69) is 22.3 Å². The van der Waals surface area contributed by atoms with Gasteiger partial charge in [-0.25, -0.2) is 4.98 Å². The molecular weight excluding hydrogens is 356 g/mol. The number of hydrogen-bond acceptors (Lipinski definition) is 6. The van der Waals surface area contributed by atoms with Gasteiger partial charge in [-0.05, 0) is 25.2 Å². The molecule has 2 aromatic heterocycles. The third kappa shape index (κ3) is 4.61. The highest BCUT2D eigenvalue weighted by Gasteiger charge is 2.22. The topological polar surface area (TPSA) is 76.4 Å². The Morgan fingerprint density at radius 2 is 2.24 bits per heavy atom. The summed E-state index contributed by atoms with van der Waals surface area (Å²) in [6, 6.07) is 1.82. The Labute approximate surface area is 155 Å². The van der Waals surface area contributed by atoms with Crippen molar-refractivity contribution < 1.29 is 4.79 Å². The summed E-state index contributed by atoms with van der Waals surface area (Å²) in [7, 11) is 0. The highest BCUT2D eigenvalue weighted by atomic mass is 32.2. The van der Waals surface area contributed by atoms with E-state index >= 15 is 0 Å². The molecule has 1 saturated carbocycles. The summed E-state index contributed by atoms with van der Waals surface area (Å²) in [5, 5.41) is 8.29. The zero-order valence-electron chi connectivity index (χ0n) is 14.7. The van der Waals surface area contributed by atoms with Crippen LogP contribution in [0, 0.1) is 5.92 Å². The molecular formula is C17H24N4O2S2. The van der Waals surface area contributed by atoms with Crippen LogP contribution in [0.15, 0.2) is 10.9 Å². The minimum atomic E-state index is -0.156. The van der Waals surface area contributed by atoms with Gasteiger partial charge in [-0.1, -0.05) is 38.0 Å². The van der Waals surface area contributed by atoms with E-state index in [1.165, 1.54) is 52.9 Å². The molecule has 136 valence electrons. The van der Waals surface area contributed by atoms with Gasteiger partial charge in [0.05, 0.1) is 11.4 Å². The van der Waals surface area contributed by atoms with Crippen molar-refractivity contribution in [3.05, 3.63) is 27.1 Å². The van der Waals surface area contributed by atoms with E-state index in [0.29, 0.717) is 34.1 Å². The fourth-order valence-corrected chi connectivity index (χ4v) is 4.73. The summed E-state index contributed by atoms with van der Waals surface area (Å²) in [6.07, 6.45) is 5.53. The number of aromatic nitrogens is 3. The predicted octanol–water partition coefficient (Wildman–Crippen LogP) is 2.64. The summed E-state index contributed by atoms with van der Waals surface area (Å²) >= 11 is 2.94. The predicted molar refractivity (Wildman–Crippen MR) is 102 cm³/mol. The summed E-state index contributed by atoms with van der Waals surface area (Å²) in [5.41, 5.74) is 0.553. The molecule has 2 heterocycles. The van der Waals surface area contributed by atoms with Crippen molar-refractivity contribution in [1.29, 1.82) is 0 Å². The van der Waals surface area contributed by atoms with Crippen LogP contribution in [0.1, 0.15) is 50.2 Å². The van der Waals surface area contributed by atoms with Crippen molar-refractivity contribution in [2.45, 2.75) is 57.7 Å². The van der Waals surface area contributed by atoms with E-state index in [0.717, 1.165) is 17.8 Å².